The molecule has 0 radical (unpaired) electrons. The van der Waals surface area contributed by atoms with Crippen LogP contribution in [0.4, 0.5) is 5.69 Å². The summed E-state index contributed by atoms with van der Waals surface area (Å²) in [5.74, 6) is -2.53. The summed E-state index contributed by atoms with van der Waals surface area (Å²) in [6.45, 7) is 13.6. The number of aromatic hydroxyl groups is 6. The molecular weight excluding hydrogens is 1390 g/mol. The van der Waals surface area contributed by atoms with Gasteiger partial charge in [0, 0.05) is 22.1 Å². The van der Waals surface area contributed by atoms with Gasteiger partial charge in [-0.1, -0.05) is 196 Å². The molecule has 0 atom stereocenters. The largest absolute Gasteiger partial charge is 0.507 e. The fourth-order valence-electron chi connectivity index (χ4n) is 11.4. The monoisotopic (exact) mass is 1470 g/mol. The molecule has 0 spiro atoms. The first-order valence-electron chi connectivity index (χ1n) is 33.7. The third kappa shape index (κ3) is 19.0. The topological polar surface area (TPSA) is 348 Å². The molecule has 12 aromatic carbocycles. The van der Waals surface area contributed by atoms with E-state index in [1.807, 2.05) is 151 Å². The SMILES string of the molecule is C.C.C/C(=N\NC(=O)c1cc2ccccc2cc1O)c1cc2ccccc2oc1=O.CC(C)(C)c1cc(N=NC(=O)c2cc3ccccc3cc2O)cc(C(C)(C)C)c1O.O=C(N/N=C/c1ccccc1O)c1cc2ccccc2cc1O.O=C(N/N=C/c1coc2ccccc2c1=O)c1cc2ccccc2cc1O. The Morgan fingerprint density at radius 3 is 1.22 bits per heavy atom. The van der Waals surface area contributed by atoms with Crippen molar-refractivity contribution in [2.45, 2.75) is 74.1 Å². The number of hydrogen-bond acceptors (Lipinski definition) is 18. The van der Waals surface area contributed by atoms with E-state index < -0.39 is 29.3 Å². The van der Waals surface area contributed by atoms with Gasteiger partial charge >= 0.3 is 5.63 Å². The van der Waals surface area contributed by atoms with Crippen molar-refractivity contribution in [1.29, 1.82) is 0 Å². The molecule has 0 aliphatic rings. The standard InChI is InChI=1S/C25H28N2O3.C22H16N2O4.C21H14N2O4.C18H14N2O3.2CH4/c1-24(2,3)19-13-17(14-20(22(19)29)25(4,5)6)26-27-23(30)18-11-15-9-7-8-10-16(15)12-21(18)28;1-13(17-11-16-8-4-5-9-20(16)28-22(17)27)23-24-21(26)18-10-14-6-2-3-7-15(14)12-19(18)25;24-18-10-14-6-2-1-5-13(14)9-17(18)21(26)23-22-11-15-12-27-19-8-4-3-7-16(19)20(15)25;21-16-8-4-3-7-14(16)11-19-20-18(23)15-9-12-5-1-2-6-13(12)10-17(15)22;;/h7-14,28-29H,1-6H3;2-12,25H,1H3,(H,24,26);1-12,24H,(H,23,26);1-11,21-22H,(H,20,23);2*1H4/b;23-13+;22-11+;19-11+;;. The van der Waals surface area contributed by atoms with Crippen LogP contribution in [0.1, 0.15) is 133 Å². The molecule has 14 rings (SSSR count). The second kappa shape index (κ2) is 34.7. The van der Waals surface area contributed by atoms with Gasteiger partial charge in [-0.25, -0.2) is 21.1 Å². The van der Waals surface area contributed by atoms with Crippen LogP contribution in [0.2, 0.25) is 0 Å². The fraction of sp³-hybridized carbons (Fsp3) is 0.125. The number of phenols is 6. The van der Waals surface area contributed by atoms with Gasteiger partial charge in [-0.05, 0) is 158 Å². The number of hydrazone groups is 3. The molecule has 110 heavy (non-hydrogen) atoms. The van der Waals surface area contributed by atoms with E-state index in [9.17, 15) is 59.4 Å². The lowest BCUT2D eigenvalue weighted by molar-refractivity contribution is 0.0944. The van der Waals surface area contributed by atoms with Crippen LogP contribution in [0.5, 0.6) is 34.5 Å². The lowest BCUT2D eigenvalue weighted by atomic mass is 9.79. The van der Waals surface area contributed by atoms with Gasteiger partial charge in [0.2, 0.25) is 5.43 Å². The number of nitrogens with zero attached hydrogens (tertiary/aromatic N) is 5. The molecule has 0 saturated heterocycles. The van der Waals surface area contributed by atoms with Crippen molar-refractivity contribution >= 4 is 112 Å². The Hall–Kier alpha value is -14.4. The number of azo groups is 1. The molecule has 556 valence electrons. The minimum absolute atomic E-state index is 0. The van der Waals surface area contributed by atoms with Crippen molar-refractivity contribution in [3.05, 3.63) is 314 Å². The number of nitrogens with one attached hydrogen (secondary N) is 3. The number of fused-ring (bicyclic) bond motifs is 6. The molecule has 0 bridgehead atoms. The van der Waals surface area contributed by atoms with Gasteiger partial charge in [0.15, 0.2) is 0 Å². The van der Waals surface area contributed by atoms with E-state index >= 15 is 0 Å². The van der Waals surface area contributed by atoms with Gasteiger partial charge in [-0.15, -0.1) is 10.2 Å². The average molecular weight is 1470 g/mol. The van der Waals surface area contributed by atoms with Gasteiger partial charge in [0.1, 0.15) is 51.9 Å². The summed E-state index contributed by atoms with van der Waals surface area (Å²) >= 11 is 0. The first kappa shape index (κ1) is 79.7. The number of amides is 4. The molecule has 2 heterocycles. The first-order valence-corrected chi connectivity index (χ1v) is 33.7. The lowest BCUT2D eigenvalue weighted by Crippen LogP contribution is -2.21. The summed E-state index contributed by atoms with van der Waals surface area (Å²) < 4.78 is 10.7. The van der Waals surface area contributed by atoms with Crippen molar-refractivity contribution in [2.75, 3.05) is 0 Å². The van der Waals surface area contributed by atoms with Gasteiger partial charge in [-0.2, -0.15) is 15.3 Å². The number of carbonyl (C=O) groups is 4. The Morgan fingerprint density at radius 1 is 0.400 bits per heavy atom. The minimum Gasteiger partial charge on any atom is -0.507 e. The van der Waals surface area contributed by atoms with Gasteiger partial charge < -0.3 is 39.5 Å². The highest BCUT2D eigenvalue weighted by Gasteiger charge is 2.27. The van der Waals surface area contributed by atoms with E-state index in [0.717, 1.165) is 59.6 Å². The molecule has 2 aromatic heterocycles. The predicted octanol–water partition coefficient (Wildman–Crippen LogP) is 18.3. The van der Waals surface area contributed by atoms with Crippen molar-refractivity contribution in [1.82, 2.24) is 16.3 Å². The molecule has 4 amide bonds. The van der Waals surface area contributed by atoms with Crippen LogP contribution in [0.15, 0.2) is 287 Å². The minimum atomic E-state index is -0.624. The second-order valence-electron chi connectivity index (χ2n) is 26.9. The average Bonchev–Trinajstić information content (AvgIpc) is 0.760. The molecule has 9 N–H and O–H groups in total. The highest BCUT2D eigenvalue weighted by atomic mass is 16.4. The van der Waals surface area contributed by atoms with E-state index in [2.05, 4.69) is 41.8 Å². The van der Waals surface area contributed by atoms with E-state index in [4.69, 9.17) is 8.83 Å². The van der Waals surface area contributed by atoms with Gasteiger partial charge in [-0.3, -0.25) is 24.0 Å². The van der Waals surface area contributed by atoms with Crippen molar-refractivity contribution in [3.8, 4) is 34.5 Å². The van der Waals surface area contributed by atoms with E-state index in [0.29, 0.717) is 33.5 Å². The summed E-state index contributed by atoms with van der Waals surface area (Å²) in [5, 5.41) is 88.4. The van der Waals surface area contributed by atoms with E-state index in [-0.39, 0.29) is 99.0 Å². The summed E-state index contributed by atoms with van der Waals surface area (Å²) in [5.41, 5.74) is 10.2. The summed E-state index contributed by atoms with van der Waals surface area (Å²) in [6, 6.07) is 68.0. The normalized spacial score (nSPS) is 11.5. The predicted molar refractivity (Wildman–Crippen MR) is 433 cm³/mol. The van der Waals surface area contributed by atoms with Crippen LogP contribution in [0.3, 0.4) is 0 Å². The third-order valence-electron chi connectivity index (χ3n) is 17.1. The number of rotatable bonds is 11. The van der Waals surface area contributed by atoms with E-state index in [1.165, 1.54) is 43.0 Å². The van der Waals surface area contributed by atoms with Crippen molar-refractivity contribution < 1.29 is 58.7 Å². The molecule has 0 unspecified atom stereocenters. The zero-order valence-electron chi connectivity index (χ0n) is 59.4. The van der Waals surface area contributed by atoms with Crippen LogP contribution < -0.4 is 27.3 Å². The third-order valence-corrected chi connectivity index (χ3v) is 17.1. The Balaban J connectivity index is 0.000000168. The zero-order chi connectivity index (χ0) is 77.0. The molecule has 0 aliphatic carbocycles. The van der Waals surface area contributed by atoms with Crippen LogP contribution in [-0.2, 0) is 10.8 Å². The molecule has 0 aliphatic heterocycles. The van der Waals surface area contributed by atoms with Crippen LogP contribution in [0, 0.1) is 0 Å². The van der Waals surface area contributed by atoms with Crippen LogP contribution >= 0.6 is 0 Å². The molecule has 14 aromatic rings. The first-order chi connectivity index (χ1) is 51.7. The fourth-order valence-corrected chi connectivity index (χ4v) is 11.4. The molecule has 22 heteroatoms. The number of para-hydroxylation sites is 3. The number of hydrogen-bond donors (Lipinski definition) is 9. The smallest absolute Gasteiger partial charge is 0.345 e. The Morgan fingerprint density at radius 2 is 0.764 bits per heavy atom. The molecule has 0 saturated carbocycles. The van der Waals surface area contributed by atoms with Crippen LogP contribution in [0.25, 0.3) is 65.0 Å². The quantitative estimate of drug-likeness (QED) is 0.0252. The summed E-state index contributed by atoms with van der Waals surface area (Å²) in [4.78, 5) is 74.1. The maximum absolute atomic E-state index is 12.6. The van der Waals surface area contributed by atoms with Gasteiger partial charge in [0.25, 0.3) is 23.6 Å². The maximum atomic E-state index is 12.6. The zero-order valence-corrected chi connectivity index (χ0v) is 59.4. The molecule has 0 fully saturated rings. The van der Waals surface area contributed by atoms with E-state index in [1.54, 1.807) is 110 Å². The van der Waals surface area contributed by atoms with Gasteiger partial charge in [0.05, 0.1) is 62.6 Å². The highest BCUT2D eigenvalue weighted by molar-refractivity contribution is 6.06. The van der Waals surface area contributed by atoms with Crippen molar-refractivity contribution in [2.24, 2.45) is 25.5 Å². The Bertz CT molecular complexity index is 6050. The van der Waals surface area contributed by atoms with Crippen LogP contribution in [-0.4, -0.2) is 72.4 Å². The molecular formula is C88H80N8O14. The number of benzene rings is 12. The maximum Gasteiger partial charge on any atom is 0.345 e. The lowest BCUT2D eigenvalue weighted by Gasteiger charge is -2.27. The summed E-state index contributed by atoms with van der Waals surface area (Å²) in [6.07, 6.45) is 3.84. The Kier molecular flexibility index (Phi) is 25.1. The number of phenolic OH excluding ortho intramolecular Hbond substituents is 6. The highest BCUT2D eigenvalue weighted by Crippen LogP contribution is 2.42. The van der Waals surface area contributed by atoms with Crippen molar-refractivity contribution in [3.63, 3.8) is 0 Å². The summed E-state index contributed by atoms with van der Waals surface area (Å²) in [7, 11) is 0. The Labute approximate surface area is 632 Å². The number of carbonyl (C=O) groups excluding carboxylic acids is 4. The second-order valence-corrected chi connectivity index (χ2v) is 26.9. The molecule has 22 nitrogen and oxygen atoms in total.